The van der Waals surface area contributed by atoms with Gasteiger partial charge in [0.25, 0.3) is 0 Å². The third-order valence-corrected chi connectivity index (χ3v) is 3.97. The lowest BCUT2D eigenvalue weighted by molar-refractivity contribution is -0.141. The van der Waals surface area contributed by atoms with Gasteiger partial charge in [-0.05, 0) is 42.3 Å². The van der Waals surface area contributed by atoms with E-state index in [4.69, 9.17) is 0 Å². The summed E-state index contributed by atoms with van der Waals surface area (Å²) in [5.41, 5.74) is 1.37. The molecule has 0 aliphatic rings. The van der Waals surface area contributed by atoms with Gasteiger partial charge in [0.2, 0.25) is 5.95 Å². The van der Waals surface area contributed by atoms with Crippen LogP contribution in [0, 0.1) is 6.92 Å². The van der Waals surface area contributed by atoms with Crippen LogP contribution in [-0.2, 0) is 6.18 Å². The van der Waals surface area contributed by atoms with Crippen LogP contribution < -0.4 is 10.6 Å². The lowest BCUT2D eigenvalue weighted by Gasteiger charge is -2.12. The van der Waals surface area contributed by atoms with Gasteiger partial charge in [0, 0.05) is 30.7 Å². The molecule has 2 heterocycles. The number of carboxylic acids is 1. The highest BCUT2D eigenvalue weighted by atomic mass is 19.4. The quantitative estimate of drug-likeness (QED) is 0.582. The molecule has 0 atom stereocenters. The number of hydrogen-bond acceptors (Lipinski definition) is 6. The summed E-state index contributed by atoms with van der Waals surface area (Å²) in [6.45, 7) is 1.80. The highest BCUT2D eigenvalue weighted by Crippen LogP contribution is 2.30. The topological polar surface area (TPSA) is 100 Å². The first kappa shape index (κ1) is 20.1. The van der Waals surface area contributed by atoms with Crippen molar-refractivity contribution in [2.45, 2.75) is 13.1 Å². The van der Waals surface area contributed by atoms with E-state index in [1.54, 1.807) is 32.2 Å². The number of anilines is 3. The van der Waals surface area contributed by atoms with Crippen LogP contribution in [0.5, 0.6) is 0 Å². The molecule has 3 N–H and O–H groups in total. The molecule has 7 nitrogen and oxygen atoms in total. The van der Waals surface area contributed by atoms with E-state index in [0.29, 0.717) is 16.8 Å². The van der Waals surface area contributed by atoms with Crippen LogP contribution in [0.2, 0.25) is 0 Å². The molecule has 0 bridgehead atoms. The van der Waals surface area contributed by atoms with Crippen LogP contribution >= 0.6 is 0 Å². The molecule has 0 aliphatic heterocycles. The van der Waals surface area contributed by atoms with Crippen molar-refractivity contribution in [1.29, 1.82) is 0 Å². The number of nitrogens with one attached hydrogen (secondary N) is 2. The molecule has 29 heavy (non-hydrogen) atoms. The summed E-state index contributed by atoms with van der Waals surface area (Å²) >= 11 is 0. The Hall–Kier alpha value is -3.69. The number of rotatable bonds is 5. The second-order valence-corrected chi connectivity index (χ2v) is 6.15. The Morgan fingerprint density at radius 1 is 1.10 bits per heavy atom. The fraction of sp³-hybridized carbons (Fsp3) is 0.158. The number of aromatic carboxylic acids is 1. The first-order valence-corrected chi connectivity index (χ1v) is 8.38. The SMILES string of the molecule is CNc1ncc(-c2cc(C)cc(Nc3nccc(C(F)(F)F)n3)c2)cc1C(=O)O. The Bertz CT molecular complexity index is 1070. The van der Waals surface area contributed by atoms with E-state index < -0.39 is 17.8 Å². The molecule has 0 radical (unpaired) electrons. The zero-order valence-corrected chi connectivity index (χ0v) is 15.4. The molecule has 0 aliphatic carbocycles. The van der Waals surface area contributed by atoms with E-state index in [1.165, 1.54) is 12.3 Å². The summed E-state index contributed by atoms with van der Waals surface area (Å²) in [5.74, 6) is -1.11. The minimum Gasteiger partial charge on any atom is -0.478 e. The summed E-state index contributed by atoms with van der Waals surface area (Å²) in [7, 11) is 1.57. The van der Waals surface area contributed by atoms with Gasteiger partial charge in [-0.15, -0.1) is 0 Å². The summed E-state index contributed by atoms with van der Waals surface area (Å²) in [5, 5.41) is 14.8. The summed E-state index contributed by atoms with van der Waals surface area (Å²) in [4.78, 5) is 22.9. The summed E-state index contributed by atoms with van der Waals surface area (Å²) in [6.07, 6.45) is -2.04. The number of carbonyl (C=O) groups is 1. The maximum atomic E-state index is 12.8. The van der Waals surface area contributed by atoms with Gasteiger partial charge in [-0.3, -0.25) is 0 Å². The monoisotopic (exact) mass is 403 g/mol. The number of aryl methyl sites for hydroxylation is 1. The van der Waals surface area contributed by atoms with Gasteiger partial charge >= 0.3 is 12.1 Å². The third-order valence-electron chi connectivity index (χ3n) is 3.97. The lowest BCUT2D eigenvalue weighted by atomic mass is 10.0. The fourth-order valence-electron chi connectivity index (χ4n) is 2.71. The van der Waals surface area contributed by atoms with Crippen molar-refractivity contribution in [3.05, 3.63) is 59.5 Å². The van der Waals surface area contributed by atoms with Gasteiger partial charge in [-0.25, -0.2) is 19.7 Å². The van der Waals surface area contributed by atoms with E-state index in [9.17, 15) is 23.1 Å². The van der Waals surface area contributed by atoms with Gasteiger partial charge in [0.15, 0.2) is 0 Å². The molecule has 0 saturated heterocycles. The molecule has 150 valence electrons. The molecular weight excluding hydrogens is 387 g/mol. The largest absolute Gasteiger partial charge is 0.478 e. The summed E-state index contributed by atoms with van der Waals surface area (Å²) in [6, 6.07) is 7.43. The lowest BCUT2D eigenvalue weighted by Crippen LogP contribution is -2.10. The van der Waals surface area contributed by atoms with E-state index in [1.807, 2.05) is 0 Å². The van der Waals surface area contributed by atoms with Gasteiger partial charge < -0.3 is 15.7 Å². The Balaban J connectivity index is 1.97. The molecule has 0 spiro atoms. The maximum absolute atomic E-state index is 12.8. The van der Waals surface area contributed by atoms with Crippen LogP contribution in [0.3, 0.4) is 0 Å². The van der Waals surface area contributed by atoms with Gasteiger partial charge in [-0.1, -0.05) is 6.07 Å². The number of pyridine rings is 1. The number of nitrogens with zero attached hydrogens (tertiary/aromatic N) is 3. The van der Waals surface area contributed by atoms with E-state index in [0.717, 1.165) is 17.8 Å². The number of benzene rings is 1. The third kappa shape index (κ3) is 4.60. The molecule has 3 aromatic rings. The Labute approximate surface area is 163 Å². The predicted molar refractivity (Wildman–Crippen MR) is 101 cm³/mol. The first-order chi connectivity index (χ1) is 13.7. The fourth-order valence-corrected chi connectivity index (χ4v) is 2.71. The van der Waals surface area contributed by atoms with Crippen LogP contribution in [0.25, 0.3) is 11.1 Å². The zero-order valence-electron chi connectivity index (χ0n) is 15.4. The second-order valence-electron chi connectivity index (χ2n) is 6.15. The van der Waals surface area contributed by atoms with Crippen LogP contribution in [0.1, 0.15) is 21.6 Å². The van der Waals surface area contributed by atoms with Crippen LogP contribution in [0.4, 0.5) is 30.6 Å². The van der Waals surface area contributed by atoms with Crippen molar-refractivity contribution in [3.63, 3.8) is 0 Å². The Morgan fingerprint density at radius 2 is 1.86 bits per heavy atom. The van der Waals surface area contributed by atoms with E-state index >= 15 is 0 Å². The van der Waals surface area contributed by atoms with Crippen molar-refractivity contribution < 1.29 is 23.1 Å². The highest BCUT2D eigenvalue weighted by Gasteiger charge is 2.32. The number of hydrogen-bond donors (Lipinski definition) is 3. The van der Waals surface area contributed by atoms with Crippen molar-refractivity contribution in [3.8, 4) is 11.1 Å². The molecule has 10 heteroatoms. The zero-order chi connectivity index (χ0) is 21.2. The summed E-state index contributed by atoms with van der Waals surface area (Å²) < 4.78 is 38.5. The normalized spacial score (nSPS) is 11.2. The molecule has 0 unspecified atom stereocenters. The van der Waals surface area contributed by atoms with Crippen LogP contribution in [0.15, 0.2) is 42.7 Å². The molecule has 0 amide bonds. The second kappa shape index (κ2) is 7.74. The molecule has 0 saturated carbocycles. The van der Waals surface area contributed by atoms with Crippen LogP contribution in [-0.4, -0.2) is 33.1 Å². The van der Waals surface area contributed by atoms with E-state index in [-0.39, 0.29) is 17.3 Å². The van der Waals surface area contributed by atoms with Gasteiger partial charge in [0.1, 0.15) is 17.1 Å². The van der Waals surface area contributed by atoms with Gasteiger partial charge in [-0.2, -0.15) is 13.2 Å². The Morgan fingerprint density at radius 3 is 2.52 bits per heavy atom. The highest BCUT2D eigenvalue weighted by molar-refractivity contribution is 5.94. The minimum atomic E-state index is -4.58. The first-order valence-electron chi connectivity index (χ1n) is 8.38. The maximum Gasteiger partial charge on any atom is 0.433 e. The molecule has 3 rings (SSSR count). The molecular formula is C19H16F3N5O2. The molecule has 2 aromatic heterocycles. The minimum absolute atomic E-state index is 0.00206. The number of carboxylic acid groups (broad SMARTS) is 1. The predicted octanol–water partition coefficient (Wildman–Crippen LogP) is 4.35. The van der Waals surface area contributed by atoms with Crippen molar-refractivity contribution >= 4 is 23.4 Å². The number of aromatic nitrogens is 3. The number of halogens is 3. The van der Waals surface area contributed by atoms with Gasteiger partial charge in [0.05, 0.1) is 0 Å². The van der Waals surface area contributed by atoms with Crippen molar-refractivity contribution in [2.75, 3.05) is 17.7 Å². The Kier molecular flexibility index (Phi) is 5.35. The number of alkyl halides is 3. The van der Waals surface area contributed by atoms with Crippen molar-refractivity contribution in [1.82, 2.24) is 15.0 Å². The smallest absolute Gasteiger partial charge is 0.433 e. The molecule has 1 aromatic carbocycles. The average Bonchev–Trinajstić information content (AvgIpc) is 2.66. The average molecular weight is 403 g/mol. The standard InChI is InChI=1S/C19H16F3N5O2/c1-10-5-11(12-8-14(17(28)29)16(23-2)25-9-12)7-13(6-10)26-18-24-4-3-15(27-18)19(20,21)22/h3-9H,1-2H3,(H,23,25)(H,28,29)(H,24,26,27). The molecule has 0 fully saturated rings. The van der Waals surface area contributed by atoms with Crippen molar-refractivity contribution in [2.24, 2.45) is 0 Å². The van der Waals surface area contributed by atoms with E-state index in [2.05, 4.69) is 25.6 Å².